The van der Waals surface area contributed by atoms with Crippen LogP contribution in [0.1, 0.15) is 54.6 Å². The molecule has 0 bridgehead atoms. The van der Waals surface area contributed by atoms with Crippen LogP contribution in [0.2, 0.25) is 10.0 Å². The van der Waals surface area contributed by atoms with E-state index in [2.05, 4.69) is 16.0 Å². The average Bonchev–Trinajstić information content (AvgIpc) is 3.40. The minimum absolute atomic E-state index is 0.00552. The summed E-state index contributed by atoms with van der Waals surface area (Å²) in [6, 6.07) is 9.15. The second-order valence-corrected chi connectivity index (χ2v) is 12.8. The fourth-order valence-electron chi connectivity index (χ4n) is 6.32. The normalized spacial score (nSPS) is 22.8. The molecule has 2 aliphatic heterocycles. The molecule has 0 aromatic heterocycles. The maximum atomic E-state index is 15.9. The quantitative estimate of drug-likeness (QED) is 0.275. The number of halogens is 4. The van der Waals surface area contributed by atoms with Gasteiger partial charge in [0.1, 0.15) is 22.8 Å². The number of anilines is 2. The van der Waals surface area contributed by atoms with Crippen LogP contribution in [0.25, 0.3) is 0 Å². The SMILES string of the molecule is COc1cc(C(N)=O)ccc1NC(=O)C1NC(CC(C)(C)C)C2(C(=O)Nc3cc(Cl)c(F)cc32)C1c1cccc(Cl)c1F. The van der Waals surface area contributed by atoms with Crippen molar-refractivity contribution in [3.63, 3.8) is 0 Å². The van der Waals surface area contributed by atoms with Gasteiger partial charge >= 0.3 is 0 Å². The Bertz CT molecular complexity index is 1660. The number of carbonyl (C=O) groups is 3. The predicted molar refractivity (Wildman–Crippen MR) is 161 cm³/mol. The topological polar surface area (TPSA) is 123 Å². The van der Waals surface area contributed by atoms with Gasteiger partial charge in [0.25, 0.3) is 0 Å². The molecule has 0 radical (unpaired) electrons. The molecule has 8 nitrogen and oxygen atoms in total. The zero-order chi connectivity index (χ0) is 31.4. The number of rotatable bonds is 6. The van der Waals surface area contributed by atoms with Crippen molar-refractivity contribution in [1.29, 1.82) is 0 Å². The molecule has 2 aliphatic rings. The van der Waals surface area contributed by atoms with E-state index in [1.165, 1.54) is 55.6 Å². The first-order valence-corrected chi connectivity index (χ1v) is 14.2. The molecule has 1 spiro atoms. The van der Waals surface area contributed by atoms with Crippen LogP contribution in [0, 0.1) is 17.0 Å². The molecule has 226 valence electrons. The van der Waals surface area contributed by atoms with Gasteiger partial charge in [0.05, 0.1) is 28.9 Å². The highest BCUT2D eigenvalue weighted by atomic mass is 35.5. The highest BCUT2D eigenvalue weighted by Crippen LogP contribution is 2.57. The highest BCUT2D eigenvalue weighted by Gasteiger charge is 2.66. The zero-order valence-corrected chi connectivity index (χ0v) is 25.3. The summed E-state index contributed by atoms with van der Waals surface area (Å²) in [4.78, 5) is 40.1. The fraction of sp³-hybridized carbons (Fsp3) is 0.323. The number of ether oxygens (including phenoxy) is 1. The van der Waals surface area contributed by atoms with Crippen LogP contribution in [0.3, 0.4) is 0 Å². The van der Waals surface area contributed by atoms with E-state index in [0.29, 0.717) is 6.42 Å². The van der Waals surface area contributed by atoms with Gasteiger partial charge in [-0.25, -0.2) is 8.78 Å². The van der Waals surface area contributed by atoms with Crippen molar-refractivity contribution < 1.29 is 27.9 Å². The Morgan fingerprint density at radius 1 is 1.09 bits per heavy atom. The minimum atomic E-state index is -1.64. The molecule has 12 heteroatoms. The van der Waals surface area contributed by atoms with Gasteiger partial charge in [0.2, 0.25) is 17.7 Å². The summed E-state index contributed by atoms with van der Waals surface area (Å²) in [6.45, 7) is 5.89. The third-order valence-corrected chi connectivity index (χ3v) is 8.63. The molecule has 4 atom stereocenters. The Morgan fingerprint density at radius 2 is 1.81 bits per heavy atom. The van der Waals surface area contributed by atoms with E-state index in [9.17, 15) is 14.4 Å². The average molecular weight is 632 g/mol. The predicted octanol–water partition coefficient (Wildman–Crippen LogP) is 5.77. The van der Waals surface area contributed by atoms with E-state index in [0.717, 1.165) is 0 Å². The maximum Gasteiger partial charge on any atom is 0.248 e. The molecule has 1 saturated heterocycles. The van der Waals surface area contributed by atoms with Crippen LogP contribution in [-0.4, -0.2) is 36.9 Å². The number of nitrogens with one attached hydrogen (secondary N) is 3. The van der Waals surface area contributed by atoms with Gasteiger partial charge in [0.15, 0.2) is 0 Å². The highest BCUT2D eigenvalue weighted by molar-refractivity contribution is 6.31. The Balaban J connectivity index is 1.72. The molecule has 5 rings (SSSR count). The van der Waals surface area contributed by atoms with Crippen molar-refractivity contribution in [3.8, 4) is 5.75 Å². The maximum absolute atomic E-state index is 15.9. The molecule has 1 fully saturated rings. The molecule has 0 saturated carbocycles. The van der Waals surface area contributed by atoms with Crippen molar-refractivity contribution >= 4 is 52.3 Å². The van der Waals surface area contributed by atoms with E-state index < -0.39 is 52.8 Å². The number of carbonyl (C=O) groups excluding carboxylic acids is 3. The molecule has 2 heterocycles. The van der Waals surface area contributed by atoms with Gasteiger partial charge in [-0.3, -0.25) is 14.4 Å². The van der Waals surface area contributed by atoms with Crippen molar-refractivity contribution in [2.45, 2.75) is 50.6 Å². The van der Waals surface area contributed by atoms with Crippen LogP contribution in [0.5, 0.6) is 5.75 Å². The lowest BCUT2D eigenvalue weighted by molar-refractivity contribution is -0.122. The first-order chi connectivity index (χ1) is 20.2. The van der Waals surface area contributed by atoms with Gasteiger partial charge in [0, 0.05) is 23.2 Å². The van der Waals surface area contributed by atoms with E-state index >= 15 is 8.78 Å². The van der Waals surface area contributed by atoms with Crippen molar-refractivity contribution in [1.82, 2.24) is 5.32 Å². The largest absolute Gasteiger partial charge is 0.495 e. The second kappa shape index (κ2) is 11.1. The lowest BCUT2D eigenvalue weighted by Crippen LogP contribution is -2.49. The Kier molecular flexibility index (Phi) is 7.91. The molecule has 3 amide bonds. The van der Waals surface area contributed by atoms with Crippen molar-refractivity contribution in [2.75, 3.05) is 17.7 Å². The van der Waals surface area contributed by atoms with Crippen LogP contribution < -0.4 is 26.4 Å². The summed E-state index contributed by atoms with van der Waals surface area (Å²) in [7, 11) is 1.36. The Morgan fingerprint density at radius 3 is 2.47 bits per heavy atom. The van der Waals surface area contributed by atoms with Gasteiger partial charge in [-0.1, -0.05) is 56.1 Å². The second-order valence-electron chi connectivity index (χ2n) is 12.0. The minimum Gasteiger partial charge on any atom is -0.495 e. The van der Waals surface area contributed by atoms with Crippen molar-refractivity contribution in [3.05, 3.63) is 86.9 Å². The van der Waals surface area contributed by atoms with Crippen LogP contribution in [0.4, 0.5) is 20.2 Å². The monoisotopic (exact) mass is 630 g/mol. The summed E-state index contributed by atoms with van der Waals surface area (Å²) in [5.41, 5.74) is 4.28. The summed E-state index contributed by atoms with van der Waals surface area (Å²) < 4.78 is 36.4. The molecule has 4 unspecified atom stereocenters. The van der Waals surface area contributed by atoms with Gasteiger partial charge in [-0.05, 0) is 59.4 Å². The number of fused-ring (bicyclic) bond motifs is 2. The van der Waals surface area contributed by atoms with Gasteiger partial charge in [-0.2, -0.15) is 0 Å². The number of methoxy groups -OCH3 is 1. The number of nitrogens with two attached hydrogens (primary N) is 1. The Labute approximate surface area is 257 Å². The van der Waals surface area contributed by atoms with E-state index in [1.807, 2.05) is 20.8 Å². The smallest absolute Gasteiger partial charge is 0.248 e. The van der Waals surface area contributed by atoms with Crippen LogP contribution >= 0.6 is 23.2 Å². The number of hydrogen-bond donors (Lipinski definition) is 4. The van der Waals surface area contributed by atoms with E-state index in [4.69, 9.17) is 33.7 Å². The number of amides is 3. The summed E-state index contributed by atoms with van der Waals surface area (Å²) in [6.07, 6.45) is 0.350. The summed E-state index contributed by atoms with van der Waals surface area (Å²) in [5, 5.41) is 8.53. The summed E-state index contributed by atoms with van der Waals surface area (Å²) in [5.74, 6) is -4.43. The van der Waals surface area contributed by atoms with Crippen molar-refractivity contribution in [2.24, 2.45) is 11.1 Å². The Hall–Kier alpha value is -3.73. The summed E-state index contributed by atoms with van der Waals surface area (Å²) >= 11 is 12.3. The number of primary amides is 1. The molecule has 43 heavy (non-hydrogen) atoms. The first-order valence-electron chi connectivity index (χ1n) is 13.5. The van der Waals surface area contributed by atoms with E-state index in [1.54, 1.807) is 0 Å². The molecule has 5 N–H and O–H groups in total. The third kappa shape index (κ3) is 5.21. The third-order valence-electron chi connectivity index (χ3n) is 8.04. The van der Waals surface area contributed by atoms with Gasteiger partial charge in [-0.15, -0.1) is 0 Å². The van der Waals surface area contributed by atoms with Crippen LogP contribution in [0.15, 0.2) is 48.5 Å². The van der Waals surface area contributed by atoms with Crippen LogP contribution in [-0.2, 0) is 15.0 Å². The lowest BCUT2D eigenvalue weighted by atomic mass is 9.62. The number of hydrogen-bond acceptors (Lipinski definition) is 5. The fourth-order valence-corrected chi connectivity index (χ4v) is 6.67. The number of benzene rings is 3. The molecule has 0 aliphatic carbocycles. The van der Waals surface area contributed by atoms with Gasteiger partial charge < -0.3 is 26.4 Å². The standard InChI is InChI=1S/C31H30Cl2F2N4O4/c1-30(2,3)13-23-31(16-11-19(34)18(33)12-21(16)38-29(31)42)24(15-6-5-7-17(32)25(15)35)26(39-23)28(41)37-20-9-8-14(27(36)40)10-22(20)43-4/h5-12,23-24,26,39H,13H2,1-4H3,(H2,36,40)(H,37,41)(H,38,42). The zero-order valence-electron chi connectivity index (χ0n) is 23.8. The molecule has 3 aromatic rings. The first kappa shape index (κ1) is 30.7. The molecular formula is C31H30Cl2F2N4O4. The molecule has 3 aromatic carbocycles. The van der Waals surface area contributed by atoms with E-state index in [-0.39, 0.29) is 49.3 Å². The molecular weight excluding hydrogens is 601 g/mol. The lowest BCUT2D eigenvalue weighted by Gasteiger charge is -2.37.